The molecule has 1 aliphatic carbocycles. The molecule has 0 spiro atoms. The van der Waals surface area contributed by atoms with E-state index in [4.69, 9.17) is 10.5 Å². The van der Waals surface area contributed by atoms with Crippen molar-refractivity contribution in [1.82, 2.24) is 4.90 Å². The fraction of sp³-hybridized carbons (Fsp3) is 0.636. The van der Waals surface area contributed by atoms with E-state index in [0.717, 1.165) is 18.9 Å². The third-order valence-electron chi connectivity index (χ3n) is 5.46. The van der Waals surface area contributed by atoms with Crippen LogP contribution in [0.3, 0.4) is 0 Å². The topological polar surface area (TPSA) is 87.9 Å². The molecule has 0 bridgehead atoms. The number of rotatable bonds is 7. The number of morpholine rings is 1. The number of carbonyl (C=O) groups excluding carboxylic acids is 2. The Kier molecular flexibility index (Phi) is 7.16. The molecular formula is C22H31F3N4O3. The highest BCUT2D eigenvalue weighted by atomic mass is 19.4. The molecule has 1 aromatic rings. The molecule has 1 heterocycles. The average Bonchev–Trinajstić information content (AvgIpc) is 3.52. The van der Waals surface area contributed by atoms with Gasteiger partial charge in [0.1, 0.15) is 12.6 Å². The number of hydrogen-bond acceptors (Lipinski definition) is 5. The first-order chi connectivity index (χ1) is 14.9. The van der Waals surface area contributed by atoms with Crippen molar-refractivity contribution in [1.29, 1.82) is 0 Å². The molecule has 1 atom stereocenters. The predicted octanol–water partition coefficient (Wildman–Crippen LogP) is 2.84. The lowest BCUT2D eigenvalue weighted by Gasteiger charge is -2.35. The van der Waals surface area contributed by atoms with E-state index in [0.29, 0.717) is 6.54 Å². The molecule has 3 N–H and O–H groups in total. The smallest absolute Gasteiger partial charge is 0.370 e. The lowest BCUT2D eigenvalue weighted by molar-refractivity contribution is -0.137. The average molecular weight is 457 g/mol. The van der Waals surface area contributed by atoms with Crippen molar-refractivity contribution in [3.8, 4) is 0 Å². The van der Waals surface area contributed by atoms with Crippen molar-refractivity contribution in [2.45, 2.75) is 51.9 Å². The molecule has 1 saturated heterocycles. The summed E-state index contributed by atoms with van der Waals surface area (Å²) in [6.45, 7) is 6.97. The fourth-order valence-electron chi connectivity index (χ4n) is 3.89. The maximum absolute atomic E-state index is 13.8. The summed E-state index contributed by atoms with van der Waals surface area (Å²) in [5.74, 6) is -0.976. The van der Waals surface area contributed by atoms with Crippen LogP contribution in [0.4, 0.5) is 24.5 Å². The summed E-state index contributed by atoms with van der Waals surface area (Å²) in [5.41, 5.74) is 4.55. The third kappa shape index (κ3) is 5.99. The van der Waals surface area contributed by atoms with Crippen LogP contribution in [0.1, 0.15) is 39.2 Å². The Bertz CT molecular complexity index is 850. The summed E-state index contributed by atoms with van der Waals surface area (Å²) in [5, 5.41) is 2.45. The number of hydrogen-bond donors (Lipinski definition) is 2. The van der Waals surface area contributed by atoms with Crippen molar-refractivity contribution in [3.63, 3.8) is 0 Å². The second-order valence-electron chi connectivity index (χ2n) is 9.53. The van der Waals surface area contributed by atoms with Gasteiger partial charge in [0.2, 0.25) is 5.91 Å². The molecular weight excluding hydrogens is 425 g/mol. The Morgan fingerprint density at radius 3 is 2.53 bits per heavy atom. The van der Waals surface area contributed by atoms with Crippen LogP contribution in [-0.2, 0) is 20.5 Å². The monoisotopic (exact) mass is 456 g/mol. The number of carbonyl (C=O) groups is 2. The zero-order chi connectivity index (χ0) is 23.7. The Labute approximate surface area is 186 Å². The van der Waals surface area contributed by atoms with Gasteiger partial charge >= 0.3 is 6.18 Å². The number of nitrogens with two attached hydrogens (primary N) is 1. The van der Waals surface area contributed by atoms with E-state index in [1.54, 1.807) is 0 Å². The first-order valence-electron chi connectivity index (χ1n) is 10.8. The highest BCUT2D eigenvalue weighted by Crippen LogP contribution is 2.38. The van der Waals surface area contributed by atoms with Gasteiger partial charge in [-0.15, -0.1) is 0 Å². The van der Waals surface area contributed by atoms with Gasteiger partial charge in [-0.3, -0.25) is 14.5 Å². The number of nitrogens with one attached hydrogen (secondary N) is 1. The van der Waals surface area contributed by atoms with Crippen molar-refractivity contribution in [3.05, 3.63) is 23.8 Å². The van der Waals surface area contributed by atoms with E-state index in [-0.39, 0.29) is 49.1 Å². The quantitative estimate of drug-likeness (QED) is 0.659. The minimum atomic E-state index is -4.71. The molecule has 2 amide bonds. The zero-order valence-electron chi connectivity index (χ0n) is 18.7. The molecule has 0 radical (unpaired) electrons. The summed E-state index contributed by atoms with van der Waals surface area (Å²) in [6, 6.07) is 2.97. The minimum Gasteiger partial charge on any atom is -0.370 e. The predicted molar refractivity (Wildman–Crippen MR) is 115 cm³/mol. The highest BCUT2D eigenvalue weighted by molar-refractivity contribution is 5.98. The van der Waals surface area contributed by atoms with Crippen LogP contribution >= 0.6 is 0 Å². The Morgan fingerprint density at radius 1 is 1.31 bits per heavy atom. The lowest BCUT2D eigenvalue weighted by atomic mass is 9.95. The summed E-state index contributed by atoms with van der Waals surface area (Å²) in [6.07, 6.45) is -2.83. The van der Waals surface area contributed by atoms with Crippen LogP contribution < -0.4 is 16.0 Å². The van der Waals surface area contributed by atoms with Crippen LogP contribution in [0.5, 0.6) is 0 Å². The maximum atomic E-state index is 13.8. The van der Waals surface area contributed by atoms with E-state index >= 15 is 0 Å². The van der Waals surface area contributed by atoms with Gasteiger partial charge in [0.15, 0.2) is 0 Å². The molecule has 1 aliphatic heterocycles. The van der Waals surface area contributed by atoms with Crippen LogP contribution in [0, 0.1) is 5.41 Å². The molecule has 3 rings (SSSR count). The summed E-state index contributed by atoms with van der Waals surface area (Å²) < 4.78 is 46.5. The van der Waals surface area contributed by atoms with Crippen molar-refractivity contribution < 1.29 is 27.5 Å². The van der Waals surface area contributed by atoms with Crippen LogP contribution in [0.25, 0.3) is 0 Å². The maximum Gasteiger partial charge on any atom is 0.418 e. The molecule has 32 heavy (non-hydrogen) atoms. The Balaban J connectivity index is 1.86. The molecule has 10 heteroatoms. The van der Waals surface area contributed by atoms with Gasteiger partial charge in [0.25, 0.3) is 5.91 Å². The Morgan fingerprint density at radius 2 is 2.00 bits per heavy atom. The molecule has 2 fully saturated rings. The van der Waals surface area contributed by atoms with E-state index in [1.807, 2.05) is 25.7 Å². The zero-order valence-corrected chi connectivity index (χ0v) is 18.7. The second-order valence-corrected chi connectivity index (χ2v) is 9.53. The third-order valence-corrected chi connectivity index (χ3v) is 5.46. The SMILES string of the molecule is CC(C)(C)CN(C1CC1)[C@H](CN)C(=O)Nc1ccc(N2CCOCC2=O)cc1C(F)(F)F. The summed E-state index contributed by atoms with van der Waals surface area (Å²) in [4.78, 5) is 28.3. The van der Waals surface area contributed by atoms with E-state index in [1.165, 1.54) is 17.0 Å². The first-order valence-corrected chi connectivity index (χ1v) is 10.8. The van der Waals surface area contributed by atoms with E-state index in [9.17, 15) is 22.8 Å². The highest BCUT2D eigenvalue weighted by Gasteiger charge is 2.40. The van der Waals surface area contributed by atoms with Gasteiger partial charge in [-0.05, 0) is 36.5 Å². The molecule has 7 nitrogen and oxygen atoms in total. The largest absolute Gasteiger partial charge is 0.418 e. The fourth-order valence-corrected chi connectivity index (χ4v) is 3.89. The molecule has 1 saturated carbocycles. The van der Waals surface area contributed by atoms with Crippen molar-refractivity contribution >= 4 is 23.2 Å². The van der Waals surface area contributed by atoms with Gasteiger partial charge < -0.3 is 20.7 Å². The number of halogens is 3. The lowest BCUT2D eigenvalue weighted by Crippen LogP contribution is -2.52. The first kappa shape index (κ1) is 24.5. The normalized spacial score (nSPS) is 18.8. The van der Waals surface area contributed by atoms with Gasteiger partial charge in [0.05, 0.1) is 17.9 Å². The number of amides is 2. The minimum absolute atomic E-state index is 0.000127. The molecule has 1 aromatic carbocycles. The van der Waals surface area contributed by atoms with Gasteiger partial charge in [-0.1, -0.05) is 20.8 Å². The molecule has 178 valence electrons. The van der Waals surface area contributed by atoms with E-state index < -0.39 is 29.6 Å². The van der Waals surface area contributed by atoms with Crippen molar-refractivity contribution in [2.24, 2.45) is 11.1 Å². The molecule has 0 unspecified atom stereocenters. The second kappa shape index (κ2) is 9.36. The summed E-state index contributed by atoms with van der Waals surface area (Å²) >= 11 is 0. The van der Waals surface area contributed by atoms with E-state index in [2.05, 4.69) is 5.32 Å². The number of nitrogens with zero attached hydrogens (tertiary/aromatic N) is 2. The van der Waals surface area contributed by atoms with Crippen LogP contribution in [0.15, 0.2) is 18.2 Å². The van der Waals surface area contributed by atoms with Gasteiger partial charge in [-0.25, -0.2) is 0 Å². The van der Waals surface area contributed by atoms with Gasteiger partial charge in [0, 0.05) is 31.4 Å². The number of benzene rings is 1. The van der Waals surface area contributed by atoms with Gasteiger partial charge in [-0.2, -0.15) is 13.2 Å². The van der Waals surface area contributed by atoms with Crippen molar-refractivity contribution in [2.75, 3.05) is 43.1 Å². The standard InChI is InChI=1S/C22H31F3N4O3/c1-21(2,3)13-29(14-4-5-14)18(11-26)20(31)27-17-7-6-15(10-16(17)22(23,24)25)28-8-9-32-12-19(28)30/h6-7,10,14,18H,4-5,8-9,11-13,26H2,1-3H3,(H,27,31)/t18-/m1/s1. The molecule has 2 aliphatic rings. The Hall–Kier alpha value is -2.17. The molecule has 0 aromatic heterocycles. The van der Waals surface area contributed by atoms with Crippen LogP contribution in [0.2, 0.25) is 0 Å². The summed E-state index contributed by atoms with van der Waals surface area (Å²) in [7, 11) is 0. The number of anilines is 2. The van der Waals surface area contributed by atoms with Crippen LogP contribution in [-0.4, -0.2) is 61.6 Å². The number of alkyl halides is 3. The number of ether oxygens (including phenoxy) is 1.